The van der Waals surface area contributed by atoms with Crippen LogP contribution in [0.5, 0.6) is 0 Å². The zero-order valence-electron chi connectivity index (χ0n) is 17.5. The van der Waals surface area contributed by atoms with E-state index in [4.69, 9.17) is 15.6 Å². The number of rotatable bonds is 9. The van der Waals surface area contributed by atoms with E-state index in [9.17, 15) is 35.7 Å². The number of aliphatic hydroxyl groups excluding tert-OH is 8. The minimum absolute atomic E-state index is 0.0793. The number of hydrogen-bond donors (Lipinski definition) is 9. The number of fused-ring (bicyclic) bond motifs is 1. The van der Waals surface area contributed by atoms with Crippen LogP contribution >= 0.6 is 0 Å². The third kappa shape index (κ3) is 4.74. The molecule has 3 rings (SSSR count). The van der Waals surface area contributed by atoms with Gasteiger partial charge in [0, 0.05) is 7.05 Å². The Balaban J connectivity index is 1.95. The van der Waals surface area contributed by atoms with Crippen LogP contribution in [0.15, 0.2) is 11.4 Å². The first-order valence-electron chi connectivity index (χ1n) is 9.84. The summed E-state index contributed by atoms with van der Waals surface area (Å²) < 4.78 is 6.79. The lowest BCUT2D eigenvalue weighted by atomic mass is 10.0. The third-order valence-electron chi connectivity index (χ3n) is 5.20. The van der Waals surface area contributed by atoms with Crippen LogP contribution < -0.4 is 10.7 Å². The molecule has 16 nitrogen and oxygen atoms in total. The maximum absolute atomic E-state index is 10.3. The highest BCUT2D eigenvalue weighted by atomic mass is 16.6. The number of ether oxygens (including phenoxy) is 1. The normalized spacial score (nSPS) is 26.5. The second kappa shape index (κ2) is 10.2. The molecule has 0 aromatic carbocycles. The molecule has 16 heteroatoms. The first-order valence-corrected chi connectivity index (χ1v) is 9.84. The molecule has 0 saturated carbocycles. The second-order valence-electron chi connectivity index (χ2n) is 7.42. The van der Waals surface area contributed by atoms with E-state index in [1.54, 1.807) is 0 Å². The van der Waals surface area contributed by atoms with Crippen LogP contribution in [0.4, 0.5) is 11.8 Å². The quantitative estimate of drug-likeness (QED) is 0.122. The average Bonchev–Trinajstić information content (AvgIpc) is 3.36. The van der Waals surface area contributed by atoms with E-state index in [1.165, 1.54) is 17.9 Å². The summed E-state index contributed by atoms with van der Waals surface area (Å²) in [6, 6.07) is 0. The Morgan fingerprint density at radius 1 is 1.21 bits per heavy atom. The molecule has 7 atom stereocenters. The van der Waals surface area contributed by atoms with Gasteiger partial charge in [-0.2, -0.15) is 15.1 Å². The van der Waals surface area contributed by atoms with E-state index < -0.39 is 62.7 Å². The molecule has 33 heavy (non-hydrogen) atoms. The molecule has 0 amide bonds. The predicted molar refractivity (Wildman–Crippen MR) is 111 cm³/mol. The molecule has 3 heterocycles. The molecular weight excluding hydrogens is 446 g/mol. The van der Waals surface area contributed by atoms with Gasteiger partial charge in [0.1, 0.15) is 42.1 Å². The van der Waals surface area contributed by atoms with Gasteiger partial charge in [-0.05, 0) is 0 Å². The van der Waals surface area contributed by atoms with Gasteiger partial charge in [0.2, 0.25) is 5.95 Å². The van der Waals surface area contributed by atoms with Crippen LogP contribution in [-0.2, 0) is 4.74 Å². The van der Waals surface area contributed by atoms with E-state index in [0.717, 1.165) is 5.01 Å². The average molecular weight is 473 g/mol. The van der Waals surface area contributed by atoms with Gasteiger partial charge in [0.25, 0.3) is 0 Å². The number of hydrogen-bond acceptors (Lipinski definition) is 15. The summed E-state index contributed by atoms with van der Waals surface area (Å²) in [7, 11) is 1.35. The van der Waals surface area contributed by atoms with Crippen LogP contribution in [0.25, 0.3) is 11.2 Å². The SMILES string of the molecule is CN(/N=C(\CO)[C@H](O)[C@@H](O)[C@@H](O)CO)c1nc(N)c2ncn([C@@H]3O[C@H](CO)[C@@H](O)[C@H]3O)c2n1. The summed E-state index contributed by atoms with van der Waals surface area (Å²) in [5.41, 5.74) is 5.84. The summed E-state index contributed by atoms with van der Waals surface area (Å²) in [6.45, 7) is -2.16. The van der Waals surface area contributed by atoms with E-state index in [-0.39, 0.29) is 28.6 Å². The molecule has 1 fully saturated rings. The van der Waals surface area contributed by atoms with Crippen LogP contribution in [0.3, 0.4) is 0 Å². The maximum Gasteiger partial charge on any atom is 0.250 e. The molecule has 1 aliphatic heterocycles. The minimum atomic E-state index is -1.82. The fraction of sp³-hybridized carbons (Fsp3) is 0.647. The lowest BCUT2D eigenvalue weighted by Gasteiger charge is -2.23. The fourth-order valence-corrected chi connectivity index (χ4v) is 3.30. The lowest BCUT2D eigenvalue weighted by molar-refractivity contribution is -0.0564. The van der Waals surface area contributed by atoms with Crippen molar-refractivity contribution in [2.75, 3.05) is 37.6 Å². The van der Waals surface area contributed by atoms with Gasteiger partial charge in [0.15, 0.2) is 17.7 Å². The van der Waals surface area contributed by atoms with Crippen molar-refractivity contribution >= 4 is 28.6 Å². The van der Waals surface area contributed by atoms with E-state index >= 15 is 0 Å². The molecule has 10 N–H and O–H groups in total. The number of imidazole rings is 1. The second-order valence-corrected chi connectivity index (χ2v) is 7.42. The molecule has 0 unspecified atom stereocenters. The van der Waals surface area contributed by atoms with Crippen LogP contribution in [0.2, 0.25) is 0 Å². The zero-order chi connectivity index (χ0) is 24.4. The first kappa shape index (κ1) is 25.1. The number of aromatic nitrogens is 4. The van der Waals surface area contributed by atoms with Crippen molar-refractivity contribution in [3.8, 4) is 0 Å². The molecule has 0 aliphatic carbocycles. The lowest BCUT2D eigenvalue weighted by Crippen LogP contribution is -2.45. The standard InChI is InChI=1S/C17H27N7O9/c1-23(22-6(2-25)10(29)11(30)7(28)3-26)17-20-14(18)9-15(21-17)24(5-19-9)16-13(32)12(31)8(4-27)33-16/h5,7-8,10-13,16,25-32H,2-4H2,1H3,(H2,18,20,21)/b22-6+/t7-,8+,10-,11-,12+,13+,16+/m0/s1. The summed E-state index contributed by atoms with van der Waals surface area (Å²) in [4.78, 5) is 12.4. The Bertz CT molecular complexity index is 989. The molecule has 0 spiro atoms. The highest BCUT2D eigenvalue weighted by Gasteiger charge is 2.44. The van der Waals surface area contributed by atoms with Gasteiger partial charge in [-0.15, -0.1) is 0 Å². The van der Waals surface area contributed by atoms with Crippen LogP contribution in [0.1, 0.15) is 6.23 Å². The molecule has 1 aliphatic rings. The highest BCUT2D eigenvalue weighted by molar-refractivity contribution is 5.91. The molecule has 1 saturated heterocycles. The van der Waals surface area contributed by atoms with Crippen molar-refractivity contribution < 1.29 is 45.6 Å². The van der Waals surface area contributed by atoms with E-state index in [1.807, 2.05) is 0 Å². The summed E-state index contributed by atoms with van der Waals surface area (Å²) in [6.07, 6.45) is -8.95. The Kier molecular flexibility index (Phi) is 7.73. The monoisotopic (exact) mass is 473 g/mol. The fourth-order valence-electron chi connectivity index (χ4n) is 3.30. The van der Waals surface area contributed by atoms with Gasteiger partial charge in [-0.3, -0.25) is 4.57 Å². The van der Waals surface area contributed by atoms with Crippen molar-refractivity contribution in [2.45, 2.75) is 42.9 Å². The van der Waals surface area contributed by atoms with Crippen molar-refractivity contribution in [1.82, 2.24) is 19.5 Å². The Morgan fingerprint density at radius 3 is 2.48 bits per heavy atom. The molecule has 2 aromatic heterocycles. The van der Waals surface area contributed by atoms with Gasteiger partial charge in [0.05, 0.1) is 31.9 Å². The third-order valence-corrected chi connectivity index (χ3v) is 5.20. The van der Waals surface area contributed by atoms with Gasteiger partial charge < -0.3 is 51.3 Å². The van der Waals surface area contributed by atoms with Gasteiger partial charge in [-0.1, -0.05) is 0 Å². The minimum Gasteiger partial charge on any atom is -0.394 e. The van der Waals surface area contributed by atoms with Crippen molar-refractivity contribution in [3.05, 3.63) is 6.33 Å². The Labute approximate surface area is 186 Å². The number of hydrazone groups is 1. The molecule has 0 radical (unpaired) electrons. The van der Waals surface area contributed by atoms with Gasteiger partial charge in [-0.25, -0.2) is 9.99 Å². The molecule has 2 aromatic rings. The number of nitrogens with zero attached hydrogens (tertiary/aromatic N) is 6. The van der Waals surface area contributed by atoms with E-state index in [2.05, 4.69) is 20.1 Å². The van der Waals surface area contributed by atoms with E-state index in [0.29, 0.717) is 0 Å². The molecule has 0 bridgehead atoms. The van der Waals surface area contributed by atoms with Crippen LogP contribution in [-0.4, -0.2) is 130 Å². The zero-order valence-corrected chi connectivity index (χ0v) is 17.5. The smallest absolute Gasteiger partial charge is 0.250 e. The Morgan fingerprint density at radius 2 is 1.91 bits per heavy atom. The maximum atomic E-state index is 10.3. The van der Waals surface area contributed by atoms with Crippen molar-refractivity contribution in [1.29, 1.82) is 0 Å². The van der Waals surface area contributed by atoms with Crippen molar-refractivity contribution in [3.63, 3.8) is 0 Å². The topological polar surface area (TPSA) is 256 Å². The summed E-state index contributed by atoms with van der Waals surface area (Å²) >= 11 is 0. The van der Waals surface area contributed by atoms with Crippen molar-refractivity contribution in [2.24, 2.45) is 5.10 Å². The predicted octanol–water partition coefficient (Wildman–Crippen LogP) is -5.12. The number of nitrogen functional groups attached to an aromatic ring is 1. The molecular formula is C17H27N7O9. The Hall–Kier alpha value is -2.54. The van der Waals surface area contributed by atoms with Crippen LogP contribution in [0, 0.1) is 0 Å². The number of aliphatic hydroxyl groups is 8. The summed E-state index contributed by atoms with van der Waals surface area (Å²) in [5.74, 6) is -0.215. The highest BCUT2D eigenvalue weighted by Crippen LogP contribution is 2.32. The summed E-state index contributed by atoms with van der Waals surface area (Å²) in [5, 5.41) is 82.6. The van der Waals surface area contributed by atoms with Gasteiger partial charge >= 0.3 is 0 Å². The number of anilines is 2. The number of nitrogens with two attached hydrogens (primary N) is 1. The first-order chi connectivity index (χ1) is 15.6. The molecule has 184 valence electrons. The largest absolute Gasteiger partial charge is 0.394 e.